The number of aromatic nitrogens is 1. The van der Waals surface area contributed by atoms with Crippen LogP contribution in [0.25, 0.3) is 0 Å². The Hall–Kier alpha value is 0.170. The highest BCUT2D eigenvalue weighted by Gasteiger charge is 2.08. The van der Waals surface area contributed by atoms with Gasteiger partial charge in [0.2, 0.25) is 0 Å². The first-order valence-electron chi connectivity index (χ1n) is 4.79. The molecule has 1 heterocycles. The van der Waals surface area contributed by atoms with Crippen LogP contribution in [0, 0.1) is 5.92 Å². The molecule has 1 atom stereocenters. The number of nitrogens with zero attached hydrogens (tertiary/aromatic N) is 1. The van der Waals surface area contributed by atoms with Crippen LogP contribution in [0.15, 0.2) is 6.07 Å². The normalized spacial score (nSPS) is 12.6. The quantitative estimate of drug-likeness (QED) is 0.813. The molecule has 0 amide bonds. The Bertz CT molecular complexity index is 360. The van der Waals surface area contributed by atoms with E-state index >= 15 is 0 Å². The summed E-state index contributed by atoms with van der Waals surface area (Å²) in [6.45, 7) is 2.97. The maximum atomic E-state index is 5.99. The zero-order chi connectivity index (χ0) is 12.1. The van der Waals surface area contributed by atoms with Crippen LogP contribution in [0.4, 0.5) is 5.82 Å². The molecule has 1 rings (SSSR count). The molecule has 0 spiro atoms. The Morgan fingerprint density at radius 3 is 2.69 bits per heavy atom. The third-order valence-electron chi connectivity index (χ3n) is 1.96. The van der Waals surface area contributed by atoms with Crippen molar-refractivity contribution in [1.82, 2.24) is 4.98 Å². The summed E-state index contributed by atoms with van der Waals surface area (Å²) in [5, 5.41) is 4.30. The zero-order valence-electron chi connectivity index (χ0n) is 9.06. The maximum absolute atomic E-state index is 5.99. The number of hydrogen-bond donors (Lipinski definition) is 1. The second kappa shape index (κ2) is 6.80. The van der Waals surface area contributed by atoms with Crippen molar-refractivity contribution < 1.29 is 0 Å². The minimum atomic E-state index is 0.270. The van der Waals surface area contributed by atoms with Crippen LogP contribution in [0.3, 0.4) is 0 Å². The summed E-state index contributed by atoms with van der Waals surface area (Å²) < 4.78 is 0. The van der Waals surface area contributed by atoms with Gasteiger partial charge in [-0.15, -0.1) is 0 Å². The molecule has 0 saturated carbocycles. The molecule has 2 nitrogen and oxygen atoms in total. The van der Waals surface area contributed by atoms with Crippen molar-refractivity contribution >= 4 is 52.4 Å². The van der Waals surface area contributed by atoms with Gasteiger partial charge in [-0.25, -0.2) is 4.98 Å². The first-order valence-corrected chi connectivity index (χ1v) is 7.31. The molecule has 0 fully saturated rings. The molecule has 0 aliphatic carbocycles. The van der Waals surface area contributed by atoms with Crippen molar-refractivity contribution in [3.63, 3.8) is 0 Å². The number of pyridine rings is 1. The van der Waals surface area contributed by atoms with E-state index in [1.807, 2.05) is 11.8 Å². The van der Waals surface area contributed by atoms with Gasteiger partial charge in [0.05, 0.1) is 10.0 Å². The van der Waals surface area contributed by atoms with Crippen molar-refractivity contribution in [3.8, 4) is 0 Å². The molecule has 0 radical (unpaired) electrons. The fraction of sp³-hybridized carbons (Fsp3) is 0.500. The molecular formula is C10H13Cl3N2S. The first kappa shape index (κ1) is 14.2. The van der Waals surface area contributed by atoms with E-state index in [9.17, 15) is 0 Å². The molecule has 90 valence electrons. The third-order valence-corrected chi connectivity index (χ3v) is 3.82. The van der Waals surface area contributed by atoms with E-state index < -0.39 is 0 Å². The summed E-state index contributed by atoms with van der Waals surface area (Å²) in [6.07, 6.45) is 2.08. The molecule has 0 saturated heterocycles. The molecule has 0 bridgehead atoms. The maximum Gasteiger partial charge on any atom is 0.150 e. The number of anilines is 1. The van der Waals surface area contributed by atoms with E-state index in [1.165, 1.54) is 0 Å². The number of rotatable bonds is 5. The van der Waals surface area contributed by atoms with Crippen molar-refractivity contribution in [3.05, 3.63) is 21.3 Å². The average molecular weight is 300 g/mol. The van der Waals surface area contributed by atoms with Gasteiger partial charge in [0, 0.05) is 6.54 Å². The zero-order valence-corrected chi connectivity index (χ0v) is 12.1. The van der Waals surface area contributed by atoms with Gasteiger partial charge in [0.1, 0.15) is 11.0 Å². The average Bonchev–Trinajstić information content (AvgIpc) is 2.22. The molecule has 1 aromatic heterocycles. The summed E-state index contributed by atoms with van der Waals surface area (Å²) in [6, 6.07) is 1.60. The van der Waals surface area contributed by atoms with Gasteiger partial charge in [-0.1, -0.05) is 41.7 Å². The van der Waals surface area contributed by atoms with Crippen molar-refractivity contribution in [2.75, 3.05) is 23.9 Å². The molecule has 1 aromatic rings. The van der Waals surface area contributed by atoms with Gasteiger partial charge >= 0.3 is 0 Å². The summed E-state index contributed by atoms with van der Waals surface area (Å²) >= 11 is 19.4. The fourth-order valence-corrected chi connectivity index (χ4v) is 2.43. The van der Waals surface area contributed by atoms with Gasteiger partial charge in [-0.05, 0) is 24.0 Å². The Morgan fingerprint density at radius 2 is 2.06 bits per heavy atom. The lowest BCUT2D eigenvalue weighted by Gasteiger charge is -2.13. The highest BCUT2D eigenvalue weighted by atomic mass is 35.5. The topological polar surface area (TPSA) is 24.9 Å². The van der Waals surface area contributed by atoms with Gasteiger partial charge in [0.15, 0.2) is 0 Å². The van der Waals surface area contributed by atoms with E-state index in [0.29, 0.717) is 21.8 Å². The molecule has 0 aromatic carbocycles. The fourth-order valence-electron chi connectivity index (χ4n) is 1.18. The Labute approximate surface area is 115 Å². The summed E-state index contributed by atoms with van der Waals surface area (Å²) in [4.78, 5) is 4.09. The van der Waals surface area contributed by atoms with Crippen LogP contribution in [0.1, 0.15) is 6.92 Å². The van der Waals surface area contributed by atoms with Crippen LogP contribution < -0.4 is 5.32 Å². The Balaban J connectivity index is 2.63. The van der Waals surface area contributed by atoms with E-state index in [2.05, 4.69) is 23.5 Å². The number of nitrogens with one attached hydrogen (secondary N) is 1. The van der Waals surface area contributed by atoms with E-state index in [4.69, 9.17) is 34.8 Å². The summed E-state index contributed by atoms with van der Waals surface area (Å²) in [5.41, 5.74) is 0. The SMILES string of the molecule is CSCC(C)CNc1nc(Cl)c(Cl)cc1Cl. The number of thioether (sulfide) groups is 1. The highest BCUT2D eigenvalue weighted by molar-refractivity contribution is 7.98. The van der Waals surface area contributed by atoms with Gasteiger partial charge in [-0.2, -0.15) is 11.8 Å². The Kier molecular flexibility index (Phi) is 6.05. The smallest absolute Gasteiger partial charge is 0.150 e. The monoisotopic (exact) mass is 298 g/mol. The van der Waals surface area contributed by atoms with Crippen molar-refractivity contribution in [2.24, 2.45) is 5.92 Å². The summed E-state index contributed by atoms with van der Waals surface area (Å²) in [5.74, 6) is 2.22. The minimum absolute atomic E-state index is 0.270. The molecule has 0 aliphatic heterocycles. The van der Waals surface area contributed by atoms with Crippen LogP contribution in [0.2, 0.25) is 15.2 Å². The molecule has 16 heavy (non-hydrogen) atoms. The lowest BCUT2D eigenvalue weighted by molar-refractivity contribution is 0.699. The molecule has 0 aliphatic rings. The largest absolute Gasteiger partial charge is 0.368 e. The van der Waals surface area contributed by atoms with Crippen LogP contribution in [0.5, 0.6) is 0 Å². The third kappa shape index (κ3) is 4.21. The van der Waals surface area contributed by atoms with Gasteiger partial charge < -0.3 is 5.32 Å². The standard InChI is InChI=1S/C10H13Cl3N2S/c1-6(5-16-2)4-14-10-8(12)3-7(11)9(13)15-10/h3,6H,4-5H2,1-2H3,(H,14,15). The predicted molar refractivity (Wildman–Crippen MR) is 75.3 cm³/mol. The highest BCUT2D eigenvalue weighted by Crippen LogP contribution is 2.28. The van der Waals surface area contributed by atoms with Crippen molar-refractivity contribution in [1.29, 1.82) is 0 Å². The predicted octanol–water partition coefficient (Wildman–Crippen LogP) is 4.45. The van der Waals surface area contributed by atoms with Crippen LogP contribution in [-0.4, -0.2) is 23.5 Å². The number of hydrogen-bond acceptors (Lipinski definition) is 3. The molecule has 6 heteroatoms. The number of halogens is 3. The molecule has 1 N–H and O–H groups in total. The van der Waals surface area contributed by atoms with Gasteiger partial charge in [-0.3, -0.25) is 0 Å². The lowest BCUT2D eigenvalue weighted by atomic mass is 10.2. The van der Waals surface area contributed by atoms with Crippen LogP contribution in [-0.2, 0) is 0 Å². The Morgan fingerprint density at radius 1 is 1.38 bits per heavy atom. The van der Waals surface area contributed by atoms with E-state index in [1.54, 1.807) is 6.07 Å². The van der Waals surface area contributed by atoms with E-state index in [0.717, 1.165) is 12.3 Å². The van der Waals surface area contributed by atoms with Crippen molar-refractivity contribution in [2.45, 2.75) is 6.92 Å². The van der Waals surface area contributed by atoms with E-state index in [-0.39, 0.29) is 5.15 Å². The summed E-state index contributed by atoms with van der Waals surface area (Å²) in [7, 11) is 0. The second-order valence-corrected chi connectivity index (χ2v) is 5.62. The first-order chi connectivity index (χ1) is 7.54. The molecular weight excluding hydrogens is 287 g/mol. The minimum Gasteiger partial charge on any atom is -0.368 e. The van der Waals surface area contributed by atoms with Gasteiger partial charge in [0.25, 0.3) is 0 Å². The van der Waals surface area contributed by atoms with Crippen LogP contribution >= 0.6 is 46.6 Å². The lowest BCUT2D eigenvalue weighted by Crippen LogP contribution is -2.14. The second-order valence-electron chi connectivity index (χ2n) is 3.53. The molecule has 1 unspecified atom stereocenters.